The molecule has 1 atom stereocenters. The second-order valence-corrected chi connectivity index (χ2v) is 5.38. The summed E-state index contributed by atoms with van der Waals surface area (Å²) < 4.78 is 0. The Kier molecular flexibility index (Phi) is 14.4. The highest BCUT2D eigenvalue weighted by Gasteiger charge is 2.01. The Balaban J connectivity index is 3.00. The van der Waals surface area contributed by atoms with Crippen LogP contribution in [0.15, 0.2) is 0 Å². The van der Waals surface area contributed by atoms with Crippen molar-refractivity contribution < 1.29 is 9.90 Å². The van der Waals surface area contributed by atoms with Gasteiger partial charge in [0.1, 0.15) is 6.29 Å². The molecule has 0 unspecified atom stereocenters. The number of aliphatic hydroxyl groups is 1. The van der Waals surface area contributed by atoms with E-state index in [1.807, 2.05) is 0 Å². The molecule has 0 aliphatic heterocycles. The molecular weight excluding hydrogens is 224 g/mol. The van der Waals surface area contributed by atoms with Gasteiger partial charge in [0.25, 0.3) is 0 Å². The normalized spacial score (nSPS) is 12.6. The van der Waals surface area contributed by atoms with Gasteiger partial charge < -0.3 is 9.90 Å². The largest absolute Gasteiger partial charge is 0.393 e. The van der Waals surface area contributed by atoms with Crippen LogP contribution in [0.1, 0.15) is 90.4 Å². The zero-order chi connectivity index (χ0) is 13.5. The minimum absolute atomic E-state index is 0.303. The fourth-order valence-corrected chi connectivity index (χ4v) is 2.27. The third-order valence-corrected chi connectivity index (χ3v) is 3.51. The second-order valence-electron chi connectivity index (χ2n) is 5.38. The summed E-state index contributed by atoms with van der Waals surface area (Å²) in [6.07, 6.45) is 16.1. The highest BCUT2D eigenvalue weighted by Crippen LogP contribution is 2.12. The van der Waals surface area contributed by atoms with E-state index in [4.69, 9.17) is 0 Å². The van der Waals surface area contributed by atoms with Crippen LogP contribution < -0.4 is 0 Å². The maximum absolute atomic E-state index is 10.2. The predicted molar refractivity (Wildman–Crippen MR) is 77.8 cm³/mol. The van der Waals surface area contributed by atoms with Crippen LogP contribution in [0, 0.1) is 0 Å². The minimum Gasteiger partial charge on any atom is -0.393 e. The van der Waals surface area contributed by atoms with Crippen molar-refractivity contribution in [2.75, 3.05) is 0 Å². The molecular formula is C16H32O2. The molecule has 0 fully saturated rings. The van der Waals surface area contributed by atoms with Gasteiger partial charge in [0.15, 0.2) is 0 Å². The minimum atomic E-state index is -0.402. The summed E-state index contributed by atoms with van der Waals surface area (Å²) >= 11 is 0. The van der Waals surface area contributed by atoms with Gasteiger partial charge in [0.2, 0.25) is 0 Å². The van der Waals surface area contributed by atoms with E-state index in [2.05, 4.69) is 6.92 Å². The molecule has 0 aromatic carbocycles. The van der Waals surface area contributed by atoms with Gasteiger partial charge in [-0.2, -0.15) is 0 Å². The highest BCUT2D eigenvalue weighted by molar-refractivity contribution is 5.49. The zero-order valence-corrected chi connectivity index (χ0v) is 12.2. The lowest BCUT2D eigenvalue weighted by Gasteiger charge is -2.06. The van der Waals surface area contributed by atoms with Crippen LogP contribution in [0.2, 0.25) is 0 Å². The van der Waals surface area contributed by atoms with Crippen LogP contribution in [-0.4, -0.2) is 17.5 Å². The number of hydrogen-bond acceptors (Lipinski definition) is 2. The van der Waals surface area contributed by atoms with Gasteiger partial charge in [-0.15, -0.1) is 0 Å². The molecule has 0 aliphatic carbocycles. The number of hydrogen-bond donors (Lipinski definition) is 1. The van der Waals surface area contributed by atoms with E-state index in [1.165, 1.54) is 64.2 Å². The molecule has 0 rings (SSSR count). The average molecular weight is 256 g/mol. The van der Waals surface area contributed by atoms with Gasteiger partial charge in [-0.05, 0) is 6.42 Å². The first-order valence-corrected chi connectivity index (χ1v) is 7.93. The first-order chi connectivity index (χ1) is 8.81. The van der Waals surface area contributed by atoms with E-state index in [9.17, 15) is 9.90 Å². The van der Waals surface area contributed by atoms with Crippen molar-refractivity contribution in [3.63, 3.8) is 0 Å². The molecule has 0 bridgehead atoms. The van der Waals surface area contributed by atoms with Crippen LogP contribution in [0.3, 0.4) is 0 Å². The molecule has 0 aliphatic rings. The lowest BCUT2D eigenvalue weighted by atomic mass is 10.0. The van der Waals surface area contributed by atoms with Gasteiger partial charge in [0.05, 0.1) is 6.10 Å². The Morgan fingerprint density at radius 2 is 1.28 bits per heavy atom. The molecule has 0 spiro atoms. The summed E-state index contributed by atoms with van der Waals surface area (Å²) in [5.74, 6) is 0. The summed E-state index contributed by atoms with van der Waals surface area (Å²) in [4.78, 5) is 10.2. The van der Waals surface area contributed by atoms with Crippen molar-refractivity contribution in [3.05, 3.63) is 0 Å². The third-order valence-electron chi connectivity index (χ3n) is 3.51. The van der Waals surface area contributed by atoms with E-state index in [0.717, 1.165) is 19.1 Å². The molecule has 1 N–H and O–H groups in total. The van der Waals surface area contributed by atoms with E-state index >= 15 is 0 Å². The topological polar surface area (TPSA) is 37.3 Å². The van der Waals surface area contributed by atoms with E-state index in [1.54, 1.807) is 0 Å². The molecule has 0 aromatic heterocycles. The van der Waals surface area contributed by atoms with Crippen LogP contribution in [0.5, 0.6) is 0 Å². The first-order valence-electron chi connectivity index (χ1n) is 7.93. The molecule has 0 amide bonds. The van der Waals surface area contributed by atoms with Crippen molar-refractivity contribution in [1.29, 1.82) is 0 Å². The predicted octanol–water partition coefficient (Wildman–Crippen LogP) is 4.64. The summed E-state index contributed by atoms with van der Waals surface area (Å²) in [5.41, 5.74) is 0. The molecule has 2 heteroatoms. The van der Waals surface area contributed by atoms with Crippen LogP contribution >= 0.6 is 0 Å². The SMILES string of the molecule is CCCCCCCCCCCCC[C@@H](O)CC=O. The number of rotatable bonds is 14. The van der Waals surface area contributed by atoms with E-state index in [-0.39, 0.29) is 0 Å². The first kappa shape index (κ1) is 17.6. The van der Waals surface area contributed by atoms with Gasteiger partial charge >= 0.3 is 0 Å². The van der Waals surface area contributed by atoms with Crippen molar-refractivity contribution in [2.24, 2.45) is 0 Å². The van der Waals surface area contributed by atoms with Gasteiger partial charge in [-0.25, -0.2) is 0 Å². The molecule has 0 aromatic rings. The Bertz CT molecular complexity index is 168. The quantitative estimate of drug-likeness (QED) is 0.363. The summed E-state index contributed by atoms with van der Waals surface area (Å²) in [6.45, 7) is 2.26. The zero-order valence-electron chi connectivity index (χ0n) is 12.2. The Labute approximate surface area is 113 Å². The van der Waals surface area contributed by atoms with Crippen molar-refractivity contribution >= 4 is 6.29 Å². The van der Waals surface area contributed by atoms with Crippen molar-refractivity contribution in [2.45, 2.75) is 96.5 Å². The molecule has 0 heterocycles. The number of unbranched alkanes of at least 4 members (excludes halogenated alkanes) is 10. The smallest absolute Gasteiger partial charge is 0.122 e. The van der Waals surface area contributed by atoms with Crippen molar-refractivity contribution in [1.82, 2.24) is 0 Å². The Morgan fingerprint density at radius 3 is 1.72 bits per heavy atom. The van der Waals surface area contributed by atoms with E-state index in [0.29, 0.717) is 6.42 Å². The maximum Gasteiger partial charge on any atom is 0.122 e. The van der Waals surface area contributed by atoms with Crippen LogP contribution in [-0.2, 0) is 4.79 Å². The average Bonchev–Trinajstić information content (AvgIpc) is 2.36. The fraction of sp³-hybridized carbons (Fsp3) is 0.938. The fourth-order valence-electron chi connectivity index (χ4n) is 2.27. The monoisotopic (exact) mass is 256 g/mol. The molecule has 0 saturated carbocycles. The molecule has 18 heavy (non-hydrogen) atoms. The number of carbonyl (C=O) groups is 1. The molecule has 0 radical (unpaired) electrons. The van der Waals surface area contributed by atoms with Crippen LogP contribution in [0.25, 0.3) is 0 Å². The Morgan fingerprint density at radius 1 is 0.833 bits per heavy atom. The lowest BCUT2D eigenvalue weighted by molar-refractivity contribution is -0.109. The lowest BCUT2D eigenvalue weighted by Crippen LogP contribution is -2.06. The molecule has 2 nitrogen and oxygen atoms in total. The number of aliphatic hydroxyl groups excluding tert-OH is 1. The van der Waals surface area contributed by atoms with Gasteiger partial charge in [-0.1, -0.05) is 77.6 Å². The summed E-state index contributed by atoms with van der Waals surface area (Å²) in [6, 6.07) is 0. The number of aldehydes is 1. The third kappa shape index (κ3) is 13.7. The van der Waals surface area contributed by atoms with Gasteiger partial charge in [0, 0.05) is 6.42 Å². The molecule has 108 valence electrons. The van der Waals surface area contributed by atoms with E-state index < -0.39 is 6.10 Å². The van der Waals surface area contributed by atoms with Crippen LogP contribution in [0.4, 0.5) is 0 Å². The standard InChI is InChI=1S/C16H32O2/c1-2-3-4-5-6-7-8-9-10-11-12-13-16(18)14-15-17/h15-16,18H,2-14H2,1H3/t16-/m1/s1. The maximum atomic E-state index is 10.2. The van der Waals surface area contributed by atoms with Crippen molar-refractivity contribution in [3.8, 4) is 0 Å². The Hall–Kier alpha value is -0.370. The molecule has 0 saturated heterocycles. The summed E-state index contributed by atoms with van der Waals surface area (Å²) in [7, 11) is 0. The summed E-state index contributed by atoms with van der Waals surface area (Å²) in [5, 5.41) is 9.36. The second kappa shape index (κ2) is 14.7. The van der Waals surface area contributed by atoms with Gasteiger partial charge in [-0.3, -0.25) is 0 Å². The number of carbonyl (C=O) groups excluding carboxylic acids is 1. The highest BCUT2D eigenvalue weighted by atomic mass is 16.3.